The summed E-state index contributed by atoms with van der Waals surface area (Å²) >= 11 is 0. The molecule has 0 bridgehead atoms. The van der Waals surface area contributed by atoms with Crippen LogP contribution >= 0.6 is 0 Å². The zero-order valence-corrected chi connectivity index (χ0v) is 8.40. The largest absolute Gasteiger partial charge is 0.438 e. The van der Waals surface area contributed by atoms with E-state index >= 15 is 0 Å². The van der Waals surface area contributed by atoms with Crippen molar-refractivity contribution in [1.82, 2.24) is 0 Å². The molecule has 0 amide bonds. The van der Waals surface area contributed by atoms with Crippen molar-refractivity contribution in [2.75, 3.05) is 6.67 Å². The predicted molar refractivity (Wildman–Crippen MR) is 60.6 cm³/mol. The summed E-state index contributed by atoms with van der Waals surface area (Å²) in [6.45, 7) is 2.51. The molecule has 3 rings (SSSR count). The van der Waals surface area contributed by atoms with Gasteiger partial charge in [-0.25, -0.2) is 4.99 Å². The molecule has 0 radical (unpaired) electrons. The van der Waals surface area contributed by atoms with E-state index in [2.05, 4.69) is 28.2 Å². The molecular weight excluding hydrogens is 188 g/mol. The Hall–Kier alpha value is -1.90. The van der Waals surface area contributed by atoms with Gasteiger partial charge in [-0.1, -0.05) is 12.1 Å². The molecule has 0 saturated carbocycles. The maximum Gasteiger partial charge on any atom is 0.225 e. The SMILES string of the molecule is Cc1ccc2c(c1)OC1=NCN=CC1=C2. The molecule has 0 unspecified atom stereocenters. The highest BCUT2D eigenvalue weighted by Crippen LogP contribution is 2.28. The second-order valence-corrected chi connectivity index (χ2v) is 3.66. The molecule has 0 aliphatic carbocycles. The van der Waals surface area contributed by atoms with Crippen LogP contribution in [0.5, 0.6) is 5.75 Å². The van der Waals surface area contributed by atoms with Gasteiger partial charge in [-0.05, 0) is 24.6 Å². The Morgan fingerprint density at radius 1 is 1.33 bits per heavy atom. The van der Waals surface area contributed by atoms with Crippen LogP contribution in [0.25, 0.3) is 6.08 Å². The van der Waals surface area contributed by atoms with Crippen molar-refractivity contribution in [2.45, 2.75) is 6.92 Å². The van der Waals surface area contributed by atoms with Crippen LogP contribution in [0.4, 0.5) is 0 Å². The summed E-state index contributed by atoms with van der Waals surface area (Å²) < 4.78 is 5.71. The Labute approximate surface area is 87.8 Å². The highest BCUT2D eigenvalue weighted by Gasteiger charge is 2.18. The van der Waals surface area contributed by atoms with Crippen molar-refractivity contribution in [3.8, 4) is 5.75 Å². The van der Waals surface area contributed by atoms with E-state index in [9.17, 15) is 0 Å². The number of benzene rings is 1. The van der Waals surface area contributed by atoms with E-state index in [4.69, 9.17) is 4.74 Å². The first-order valence-corrected chi connectivity index (χ1v) is 4.88. The Balaban J connectivity index is 2.15. The van der Waals surface area contributed by atoms with Gasteiger partial charge in [-0.2, -0.15) is 0 Å². The highest BCUT2D eigenvalue weighted by molar-refractivity contribution is 6.19. The average Bonchev–Trinajstić information content (AvgIpc) is 2.26. The van der Waals surface area contributed by atoms with Gasteiger partial charge < -0.3 is 4.74 Å². The number of aliphatic imine (C=N–C) groups is 2. The molecule has 0 atom stereocenters. The van der Waals surface area contributed by atoms with Crippen molar-refractivity contribution >= 4 is 18.2 Å². The molecule has 3 heteroatoms. The fraction of sp³-hybridized carbons (Fsp3) is 0.167. The molecule has 0 N–H and O–H groups in total. The number of aryl methyl sites for hydroxylation is 1. The van der Waals surface area contributed by atoms with Gasteiger partial charge in [0.25, 0.3) is 0 Å². The zero-order valence-electron chi connectivity index (χ0n) is 8.40. The lowest BCUT2D eigenvalue weighted by atomic mass is 10.1. The molecule has 1 aromatic carbocycles. The fourth-order valence-electron chi connectivity index (χ4n) is 1.70. The molecule has 2 aliphatic heterocycles. The van der Waals surface area contributed by atoms with Gasteiger partial charge in [0.1, 0.15) is 12.4 Å². The monoisotopic (exact) mass is 198 g/mol. The van der Waals surface area contributed by atoms with Crippen LogP contribution in [0, 0.1) is 6.92 Å². The summed E-state index contributed by atoms with van der Waals surface area (Å²) in [7, 11) is 0. The van der Waals surface area contributed by atoms with E-state index in [1.165, 1.54) is 5.56 Å². The number of rotatable bonds is 0. The van der Waals surface area contributed by atoms with E-state index in [1.54, 1.807) is 0 Å². The van der Waals surface area contributed by atoms with Crippen LogP contribution in [0.1, 0.15) is 11.1 Å². The van der Waals surface area contributed by atoms with Gasteiger partial charge in [0.05, 0.1) is 5.57 Å². The van der Waals surface area contributed by atoms with Crippen LogP contribution in [0.3, 0.4) is 0 Å². The zero-order chi connectivity index (χ0) is 10.3. The van der Waals surface area contributed by atoms with Crippen LogP contribution in [0.2, 0.25) is 0 Å². The maximum atomic E-state index is 5.71. The average molecular weight is 198 g/mol. The molecule has 0 fully saturated rings. The van der Waals surface area contributed by atoms with Crippen LogP contribution in [-0.2, 0) is 0 Å². The molecular formula is C12H10N2O. The van der Waals surface area contributed by atoms with E-state index in [0.29, 0.717) is 12.6 Å². The summed E-state index contributed by atoms with van der Waals surface area (Å²) in [6, 6.07) is 6.15. The minimum atomic E-state index is 0.466. The van der Waals surface area contributed by atoms with Crippen LogP contribution in [-0.4, -0.2) is 18.8 Å². The summed E-state index contributed by atoms with van der Waals surface area (Å²) in [5.41, 5.74) is 3.23. The van der Waals surface area contributed by atoms with Gasteiger partial charge >= 0.3 is 0 Å². The standard InChI is InChI=1S/C12H10N2O/c1-8-2-3-9-5-10-6-13-7-14-12(10)15-11(9)4-8/h2-6H,7H2,1H3. The quantitative estimate of drug-likeness (QED) is 0.629. The molecule has 15 heavy (non-hydrogen) atoms. The first-order valence-electron chi connectivity index (χ1n) is 4.88. The van der Waals surface area contributed by atoms with Crippen molar-refractivity contribution in [3.05, 3.63) is 34.9 Å². The van der Waals surface area contributed by atoms with Gasteiger partial charge in [-0.15, -0.1) is 0 Å². The Morgan fingerprint density at radius 2 is 2.27 bits per heavy atom. The first kappa shape index (κ1) is 8.41. The van der Waals surface area contributed by atoms with Crippen molar-refractivity contribution < 1.29 is 4.74 Å². The Kier molecular flexibility index (Phi) is 1.71. The van der Waals surface area contributed by atoms with Crippen molar-refractivity contribution in [2.24, 2.45) is 9.98 Å². The third kappa shape index (κ3) is 1.36. The van der Waals surface area contributed by atoms with Gasteiger partial charge in [-0.3, -0.25) is 4.99 Å². The topological polar surface area (TPSA) is 34.0 Å². The lowest BCUT2D eigenvalue weighted by molar-refractivity contribution is 0.543. The third-order valence-corrected chi connectivity index (χ3v) is 2.46. The number of fused-ring (bicyclic) bond motifs is 2. The molecule has 2 aliphatic rings. The molecule has 2 heterocycles. The van der Waals surface area contributed by atoms with Crippen LogP contribution < -0.4 is 4.74 Å². The van der Waals surface area contributed by atoms with E-state index in [1.807, 2.05) is 19.2 Å². The summed E-state index contributed by atoms with van der Waals surface area (Å²) in [6.07, 6.45) is 3.87. The van der Waals surface area contributed by atoms with Crippen molar-refractivity contribution in [1.29, 1.82) is 0 Å². The highest BCUT2D eigenvalue weighted by atomic mass is 16.5. The molecule has 0 aromatic heterocycles. The lowest BCUT2D eigenvalue weighted by Crippen LogP contribution is -2.20. The minimum Gasteiger partial charge on any atom is -0.438 e. The number of ether oxygens (including phenoxy) is 1. The van der Waals surface area contributed by atoms with Crippen molar-refractivity contribution in [3.63, 3.8) is 0 Å². The number of hydrogen-bond acceptors (Lipinski definition) is 3. The molecule has 74 valence electrons. The van der Waals surface area contributed by atoms with Gasteiger partial charge in [0, 0.05) is 11.8 Å². The Morgan fingerprint density at radius 3 is 3.20 bits per heavy atom. The smallest absolute Gasteiger partial charge is 0.225 e. The third-order valence-electron chi connectivity index (χ3n) is 2.46. The van der Waals surface area contributed by atoms with Gasteiger partial charge in [0.15, 0.2) is 0 Å². The minimum absolute atomic E-state index is 0.466. The number of hydrogen-bond donors (Lipinski definition) is 0. The molecule has 3 nitrogen and oxygen atoms in total. The maximum absolute atomic E-state index is 5.71. The van der Waals surface area contributed by atoms with Gasteiger partial charge in [0.2, 0.25) is 5.90 Å². The summed E-state index contributed by atoms with van der Waals surface area (Å²) in [5, 5.41) is 0. The Bertz CT molecular complexity index is 512. The molecule has 1 aromatic rings. The summed E-state index contributed by atoms with van der Waals surface area (Å²) in [4.78, 5) is 8.30. The van der Waals surface area contributed by atoms with E-state index in [0.717, 1.165) is 16.9 Å². The first-order chi connectivity index (χ1) is 7.33. The van der Waals surface area contributed by atoms with Crippen LogP contribution in [0.15, 0.2) is 33.8 Å². The lowest BCUT2D eigenvalue weighted by Gasteiger charge is -2.19. The second kappa shape index (κ2) is 3.05. The molecule has 0 spiro atoms. The van der Waals surface area contributed by atoms with E-state index < -0.39 is 0 Å². The normalized spacial score (nSPS) is 17.1. The fourth-order valence-corrected chi connectivity index (χ4v) is 1.70. The summed E-state index contributed by atoms with van der Waals surface area (Å²) in [5.74, 6) is 1.57. The van der Waals surface area contributed by atoms with E-state index in [-0.39, 0.29) is 0 Å². The molecule has 0 saturated heterocycles. The predicted octanol–water partition coefficient (Wildman–Crippen LogP) is 2.21. The second-order valence-electron chi connectivity index (χ2n) is 3.66. The number of nitrogens with zero attached hydrogens (tertiary/aromatic N) is 2.